The number of rotatable bonds is 7. The van der Waals surface area contributed by atoms with E-state index in [0.717, 1.165) is 17.2 Å². The summed E-state index contributed by atoms with van der Waals surface area (Å²) in [6.07, 6.45) is 1.44. The predicted molar refractivity (Wildman–Crippen MR) is 115 cm³/mol. The Morgan fingerprint density at radius 2 is 1.80 bits per heavy atom. The van der Waals surface area contributed by atoms with E-state index in [0.29, 0.717) is 17.4 Å². The van der Waals surface area contributed by atoms with E-state index in [1.807, 2.05) is 18.2 Å². The van der Waals surface area contributed by atoms with E-state index in [2.05, 4.69) is 10.5 Å². The summed E-state index contributed by atoms with van der Waals surface area (Å²) in [6, 6.07) is 18.3. The van der Waals surface area contributed by atoms with Crippen LogP contribution >= 0.6 is 23.2 Å². The molecule has 0 aliphatic heterocycles. The molecule has 0 aromatic heterocycles. The minimum absolute atomic E-state index is 0.0445. The largest absolute Gasteiger partial charge is 0.489 e. The lowest BCUT2D eigenvalue weighted by Crippen LogP contribution is -2.17. The van der Waals surface area contributed by atoms with Crippen LogP contribution in [0.4, 0.5) is 5.69 Å². The monoisotopic (exact) mass is 443 g/mol. The van der Waals surface area contributed by atoms with Crippen LogP contribution in [0.3, 0.4) is 0 Å². The van der Waals surface area contributed by atoms with Gasteiger partial charge in [-0.3, -0.25) is 14.9 Å². The van der Waals surface area contributed by atoms with Gasteiger partial charge in [-0.05, 0) is 48.0 Å². The van der Waals surface area contributed by atoms with Gasteiger partial charge in [0, 0.05) is 22.2 Å². The number of carbonyl (C=O) groups is 1. The molecule has 0 saturated heterocycles. The van der Waals surface area contributed by atoms with Crippen LogP contribution in [-0.4, -0.2) is 17.0 Å². The van der Waals surface area contributed by atoms with Crippen LogP contribution in [0.5, 0.6) is 5.75 Å². The summed E-state index contributed by atoms with van der Waals surface area (Å²) >= 11 is 11.8. The number of halogens is 2. The van der Waals surface area contributed by atoms with Crippen LogP contribution in [0.25, 0.3) is 0 Å². The summed E-state index contributed by atoms with van der Waals surface area (Å²) in [6.45, 7) is 0.344. The molecule has 0 aliphatic carbocycles. The molecule has 30 heavy (non-hydrogen) atoms. The average molecular weight is 444 g/mol. The van der Waals surface area contributed by atoms with Crippen LogP contribution in [0.1, 0.15) is 21.5 Å². The van der Waals surface area contributed by atoms with E-state index >= 15 is 0 Å². The van der Waals surface area contributed by atoms with Crippen molar-refractivity contribution in [3.63, 3.8) is 0 Å². The molecule has 0 heterocycles. The lowest BCUT2D eigenvalue weighted by Gasteiger charge is -2.07. The van der Waals surface area contributed by atoms with Crippen molar-refractivity contribution in [2.45, 2.75) is 6.61 Å². The maximum absolute atomic E-state index is 12.1. The van der Waals surface area contributed by atoms with Crippen LogP contribution in [0.15, 0.2) is 71.8 Å². The fourth-order valence-electron chi connectivity index (χ4n) is 2.45. The van der Waals surface area contributed by atoms with Crippen LogP contribution in [-0.2, 0) is 6.61 Å². The summed E-state index contributed by atoms with van der Waals surface area (Å²) in [5.41, 5.74) is 3.66. The highest BCUT2D eigenvalue weighted by Gasteiger charge is 2.15. The number of nitro benzene ring substituents is 1. The van der Waals surface area contributed by atoms with Gasteiger partial charge < -0.3 is 4.74 Å². The Balaban J connectivity index is 1.56. The van der Waals surface area contributed by atoms with E-state index < -0.39 is 10.8 Å². The fourth-order valence-corrected chi connectivity index (χ4v) is 2.83. The lowest BCUT2D eigenvalue weighted by molar-refractivity contribution is -0.384. The number of nitro groups is 1. The smallest absolute Gasteiger partial charge is 0.288 e. The second kappa shape index (κ2) is 9.87. The molecule has 0 unspecified atom stereocenters. The molecule has 9 heteroatoms. The van der Waals surface area contributed by atoms with E-state index in [9.17, 15) is 14.9 Å². The molecule has 3 aromatic rings. The maximum atomic E-state index is 12.1. The molecule has 1 amide bonds. The Morgan fingerprint density at radius 1 is 1.07 bits per heavy atom. The third-order valence-electron chi connectivity index (χ3n) is 4.02. The number of amides is 1. The van der Waals surface area contributed by atoms with Crippen molar-refractivity contribution < 1.29 is 14.5 Å². The molecule has 1 N–H and O–H groups in total. The van der Waals surface area contributed by atoms with Crippen molar-refractivity contribution in [1.29, 1.82) is 0 Å². The first-order valence-electron chi connectivity index (χ1n) is 8.67. The van der Waals surface area contributed by atoms with E-state index in [1.165, 1.54) is 18.3 Å². The molecule has 0 fully saturated rings. The standard InChI is InChI=1S/C21H15Cl2N3O4/c22-18-4-2-1-3-16(18)13-30-17-8-5-14(6-9-17)12-24-25-21(27)15-7-10-19(23)20(11-15)26(28)29/h1-12H,13H2,(H,25,27)/b24-12-. The van der Waals surface area contributed by atoms with Gasteiger partial charge in [-0.25, -0.2) is 5.43 Å². The molecule has 3 aromatic carbocycles. The Kier molecular flexibility index (Phi) is 7.00. The number of nitrogens with one attached hydrogen (secondary N) is 1. The van der Waals surface area contributed by atoms with Crippen molar-refractivity contribution in [3.05, 3.63) is 104 Å². The van der Waals surface area contributed by atoms with Gasteiger partial charge in [-0.1, -0.05) is 41.4 Å². The Bertz CT molecular complexity index is 1100. The number of hydrogen-bond donors (Lipinski definition) is 1. The van der Waals surface area contributed by atoms with Crippen molar-refractivity contribution >= 4 is 41.0 Å². The van der Waals surface area contributed by atoms with Gasteiger partial charge in [0.1, 0.15) is 17.4 Å². The van der Waals surface area contributed by atoms with Crippen LogP contribution in [0, 0.1) is 10.1 Å². The molecule has 152 valence electrons. The number of benzene rings is 3. The van der Waals surface area contributed by atoms with Crippen molar-refractivity contribution in [1.82, 2.24) is 5.43 Å². The van der Waals surface area contributed by atoms with Crippen molar-refractivity contribution in [2.24, 2.45) is 5.10 Å². The van der Waals surface area contributed by atoms with Gasteiger partial charge >= 0.3 is 0 Å². The first kappa shape index (κ1) is 21.3. The molecule has 0 atom stereocenters. The number of hydrogen-bond acceptors (Lipinski definition) is 5. The second-order valence-corrected chi connectivity index (χ2v) is 6.89. The fraction of sp³-hybridized carbons (Fsp3) is 0.0476. The van der Waals surface area contributed by atoms with Gasteiger partial charge in [-0.15, -0.1) is 0 Å². The van der Waals surface area contributed by atoms with Gasteiger partial charge in [0.15, 0.2) is 0 Å². The molecular weight excluding hydrogens is 429 g/mol. The zero-order valence-electron chi connectivity index (χ0n) is 15.4. The number of carbonyl (C=O) groups excluding carboxylic acids is 1. The first-order chi connectivity index (χ1) is 14.4. The first-order valence-corrected chi connectivity index (χ1v) is 9.43. The van der Waals surface area contributed by atoms with E-state index in [1.54, 1.807) is 30.3 Å². The van der Waals surface area contributed by atoms with Crippen LogP contribution < -0.4 is 10.2 Å². The maximum Gasteiger partial charge on any atom is 0.288 e. The van der Waals surface area contributed by atoms with Gasteiger partial charge in [-0.2, -0.15) is 5.10 Å². The summed E-state index contributed by atoms with van der Waals surface area (Å²) < 4.78 is 5.70. The molecule has 0 bridgehead atoms. The Labute approximate surface area is 182 Å². The third-order valence-corrected chi connectivity index (χ3v) is 4.71. The molecule has 0 saturated carbocycles. The molecule has 7 nitrogen and oxygen atoms in total. The van der Waals surface area contributed by atoms with E-state index in [-0.39, 0.29) is 16.3 Å². The molecular formula is C21H15Cl2N3O4. The molecule has 3 rings (SSSR count). The Hall–Kier alpha value is -3.42. The predicted octanol–water partition coefficient (Wildman–Crippen LogP) is 5.24. The van der Waals surface area contributed by atoms with Gasteiger partial charge in [0.05, 0.1) is 11.1 Å². The average Bonchev–Trinajstić information content (AvgIpc) is 2.74. The molecule has 0 radical (unpaired) electrons. The lowest BCUT2D eigenvalue weighted by atomic mass is 10.2. The topological polar surface area (TPSA) is 93.8 Å². The Morgan fingerprint density at radius 3 is 2.50 bits per heavy atom. The quantitative estimate of drug-likeness (QED) is 0.306. The minimum atomic E-state index is -0.655. The SMILES string of the molecule is O=C(N/N=C\c1ccc(OCc2ccccc2Cl)cc1)c1ccc(Cl)c([N+](=O)[O-])c1. The number of nitrogens with zero attached hydrogens (tertiary/aromatic N) is 2. The summed E-state index contributed by atoms with van der Waals surface area (Å²) in [7, 11) is 0. The van der Waals surface area contributed by atoms with E-state index in [4.69, 9.17) is 27.9 Å². The van der Waals surface area contributed by atoms with Crippen molar-refractivity contribution in [2.75, 3.05) is 0 Å². The van der Waals surface area contributed by atoms with Gasteiger partial charge in [0.25, 0.3) is 11.6 Å². The molecule has 0 spiro atoms. The normalized spacial score (nSPS) is 10.7. The summed E-state index contributed by atoms with van der Waals surface area (Å²) in [5.74, 6) is 0.0651. The highest BCUT2D eigenvalue weighted by Crippen LogP contribution is 2.25. The zero-order chi connectivity index (χ0) is 21.5. The minimum Gasteiger partial charge on any atom is -0.489 e. The van der Waals surface area contributed by atoms with Crippen LogP contribution in [0.2, 0.25) is 10.0 Å². The summed E-state index contributed by atoms with van der Waals surface area (Å²) in [5, 5.41) is 15.4. The number of ether oxygens (including phenoxy) is 1. The highest BCUT2D eigenvalue weighted by atomic mass is 35.5. The second-order valence-electron chi connectivity index (χ2n) is 6.07. The molecule has 0 aliphatic rings. The third kappa shape index (κ3) is 5.56. The number of hydrazone groups is 1. The highest BCUT2D eigenvalue weighted by molar-refractivity contribution is 6.32. The van der Waals surface area contributed by atoms with Gasteiger partial charge in [0.2, 0.25) is 0 Å². The van der Waals surface area contributed by atoms with Crippen molar-refractivity contribution in [3.8, 4) is 5.75 Å². The zero-order valence-corrected chi connectivity index (χ0v) is 16.9. The summed E-state index contributed by atoms with van der Waals surface area (Å²) in [4.78, 5) is 22.4.